The molecule has 1 heterocycles. The second-order valence-electron chi connectivity index (χ2n) is 7.76. The highest BCUT2D eigenvalue weighted by Gasteiger charge is 2.11. The van der Waals surface area contributed by atoms with Crippen LogP contribution in [0.3, 0.4) is 0 Å². The summed E-state index contributed by atoms with van der Waals surface area (Å²) in [6.45, 7) is 4.21. The number of ether oxygens (including phenoxy) is 1. The van der Waals surface area contributed by atoms with Gasteiger partial charge < -0.3 is 15.4 Å². The van der Waals surface area contributed by atoms with Gasteiger partial charge in [-0.1, -0.05) is 54.6 Å². The maximum Gasteiger partial charge on any atom is 0.251 e. The molecule has 1 saturated heterocycles. The molecule has 1 aliphatic rings. The average molecular weight is 430 g/mol. The summed E-state index contributed by atoms with van der Waals surface area (Å²) in [7, 11) is 0. The maximum atomic E-state index is 12.4. The van der Waals surface area contributed by atoms with E-state index in [1.54, 1.807) is 12.1 Å². The Kier molecular flexibility index (Phi) is 7.27. The van der Waals surface area contributed by atoms with Crippen molar-refractivity contribution in [2.24, 2.45) is 0 Å². The molecule has 32 heavy (non-hydrogen) atoms. The van der Waals surface area contributed by atoms with Gasteiger partial charge in [0.1, 0.15) is 0 Å². The van der Waals surface area contributed by atoms with Crippen LogP contribution in [-0.4, -0.2) is 49.6 Å². The van der Waals surface area contributed by atoms with Gasteiger partial charge in [-0.2, -0.15) is 0 Å². The lowest BCUT2D eigenvalue weighted by Crippen LogP contribution is -2.35. The van der Waals surface area contributed by atoms with Crippen LogP contribution >= 0.6 is 0 Å². The molecule has 0 radical (unpaired) electrons. The number of benzene rings is 3. The van der Waals surface area contributed by atoms with E-state index in [1.165, 1.54) is 5.56 Å². The molecule has 6 nitrogen and oxygen atoms in total. The predicted octanol–water partition coefficient (Wildman–Crippen LogP) is 3.55. The van der Waals surface area contributed by atoms with E-state index in [2.05, 4.69) is 15.5 Å². The van der Waals surface area contributed by atoms with Crippen molar-refractivity contribution in [3.05, 3.63) is 90.0 Å². The fourth-order valence-corrected chi connectivity index (χ4v) is 3.62. The fourth-order valence-electron chi connectivity index (χ4n) is 3.62. The predicted molar refractivity (Wildman–Crippen MR) is 125 cm³/mol. The number of anilines is 1. The Labute approximate surface area is 188 Å². The summed E-state index contributed by atoms with van der Waals surface area (Å²) in [5.74, 6) is -0.541. The molecule has 1 fully saturated rings. The monoisotopic (exact) mass is 429 g/mol. The summed E-state index contributed by atoms with van der Waals surface area (Å²) in [5.41, 5.74) is 4.55. The Morgan fingerprint density at radius 2 is 1.47 bits per heavy atom. The van der Waals surface area contributed by atoms with Crippen molar-refractivity contribution in [2.75, 3.05) is 38.2 Å². The van der Waals surface area contributed by atoms with Crippen LogP contribution in [0.4, 0.5) is 5.69 Å². The van der Waals surface area contributed by atoms with E-state index in [9.17, 15) is 9.59 Å². The van der Waals surface area contributed by atoms with E-state index in [-0.39, 0.29) is 18.4 Å². The van der Waals surface area contributed by atoms with Crippen molar-refractivity contribution in [3.63, 3.8) is 0 Å². The lowest BCUT2D eigenvalue weighted by atomic mass is 10.0. The summed E-state index contributed by atoms with van der Waals surface area (Å²) in [6.07, 6.45) is 0. The van der Waals surface area contributed by atoms with Crippen LogP contribution in [0.2, 0.25) is 0 Å². The molecule has 164 valence electrons. The molecule has 3 aromatic carbocycles. The Morgan fingerprint density at radius 3 is 2.16 bits per heavy atom. The topological polar surface area (TPSA) is 70.7 Å². The minimum atomic E-state index is -0.277. The second kappa shape index (κ2) is 10.7. The van der Waals surface area contributed by atoms with Gasteiger partial charge in [0.15, 0.2) is 0 Å². The first-order valence-corrected chi connectivity index (χ1v) is 10.8. The molecule has 1 aliphatic heterocycles. The third kappa shape index (κ3) is 6.03. The molecule has 2 amide bonds. The number of nitrogens with zero attached hydrogens (tertiary/aromatic N) is 1. The Morgan fingerprint density at radius 1 is 0.812 bits per heavy atom. The van der Waals surface area contributed by atoms with Gasteiger partial charge in [0, 0.05) is 30.9 Å². The van der Waals surface area contributed by atoms with Gasteiger partial charge in [0.2, 0.25) is 5.91 Å². The third-order valence-corrected chi connectivity index (χ3v) is 5.41. The van der Waals surface area contributed by atoms with E-state index in [0.717, 1.165) is 44.0 Å². The molecule has 0 unspecified atom stereocenters. The van der Waals surface area contributed by atoms with Gasteiger partial charge in [0.25, 0.3) is 5.91 Å². The van der Waals surface area contributed by atoms with Crippen LogP contribution in [0, 0.1) is 0 Å². The zero-order valence-electron chi connectivity index (χ0n) is 17.9. The Bertz CT molecular complexity index is 1030. The number of rotatable bonds is 7. The molecule has 0 spiro atoms. The first kappa shape index (κ1) is 21.7. The molecule has 6 heteroatoms. The molecule has 0 saturated carbocycles. The maximum absolute atomic E-state index is 12.4. The van der Waals surface area contributed by atoms with Gasteiger partial charge in [-0.3, -0.25) is 14.5 Å². The quantitative estimate of drug-likeness (QED) is 0.603. The van der Waals surface area contributed by atoms with Gasteiger partial charge in [-0.15, -0.1) is 0 Å². The second-order valence-corrected chi connectivity index (χ2v) is 7.76. The number of carbonyl (C=O) groups excluding carboxylic acids is 2. The number of nitrogens with one attached hydrogen (secondary N) is 2. The Balaban J connectivity index is 1.24. The number of amides is 2. The van der Waals surface area contributed by atoms with E-state index in [0.29, 0.717) is 11.3 Å². The number of hydrogen-bond acceptors (Lipinski definition) is 4. The van der Waals surface area contributed by atoms with Crippen LogP contribution < -0.4 is 10.6 Å². The summed E-state index contributed by atoms with van der Waals surface area (Å²) in [5, 5.41) is 5.50. The van der Waals surface area contributed by atoms with Crippen molar-refractivity contribution in [2.45, 2.75) is 6.54 Å². The van der Waals surface area contributed by atoms with Gasteiger partial charge >= 0.3 is 0 Å². The largest absolute Gasteiger partial charge is 0.379 e. The molecular formula is C26H27N3O3. The molecule has 4 rings (SSSR count). The SMILES string of the molecule is O=C(CNC(=O)c1ccc(-c2ccccc2)cc1)Nc1ccc(CN2CCOCC2)cc1. The van der Waals surface area contributed by atoms with Crippen molar-refractivity contribution < 1.29 is 14.3 Å². The van der Waals surface area contributed by atoms with E-state index < -0.39 is 0 Å². The van der Waals surface area contributed by atoms with Gasteiger partial charge in [-0.05, 0) is 41.0 Å². The minimum absolute atomic E-state index is 0.0885. The average Bonchev–Trinajstić information content (AvgIpc) is 2.85. The highest BCUT2D eigenvalue weighted by molar-refractivity contribution is 5.99. The van der Waals surface area contributed by atoms with E-state index in [4.69, 9.17) is 4.74 Å². The zero-order chi connectivity index (χ0) is 22.2. The highest BCUT2D eigenvalue weighted by atomic mass is 16.5. The Hall–Kier alpha value is -3.48. The number of hydrogen-bond donors (Lipinski definition) is 2. The lowest BCUT2D eigenvalue weighted by molar-refractivity contribution is -0.115. The summed E-state index contributed by atoms with van der Waals surface area (Å²) in [6, 6.07) is 25.1. The van der Waals surface area contributed by atoms with Crippen LogP contribution in [0.25, 0.3) is 11.1 Å². The standard InChI is InChI=1S/C26H27N3O3/c30-25(28-24-12-6-20(7-13-24)19-29-14-16-32-17-15-29)18-27-26(31)23-10-8-22(9-11-23)21-4-2-1-3-5-21/h1-13H,14-19H2,(H,27,31)(H,28,30). The summed E-state index contributed by atoms with van der Waals surface area (Å²) < 4.78 is 5.37. The minimum Gasteiger partial charge on any atom is -0.379 e. The van der Waals surface area contributed by atoms with Crippen molar-refractivity contribution in [1.82, 2.24) is 10.2 Å². The third-order valence-electron chi connectivity index (χ3n) is 5.41. The molecular weight excluding hydrogens is 402 g/mol. The summed E-state index contributed by atoms with van der Waals surface area (Å²) in [4.78, 5) is 27.0. The van der Waals surface area contributed by atoms with E-state index in [1.807, 2.05) is 66.7 Å². The molecule has 0 bridgehead atoms. The van der Waals surface area contributed by atoms with Crippen LogP contribution in [0.5, 0.6) is 0 Å². The van der Waals surface area contributed by atoms with Crippen LogP contribution in [-0.2, 0) is 16.1 Å². The molecule has 0 aromatic heterocycles. The smallest absolute Gasteiger partial charge is 0.251 e. The fraction of sp³-hybridized carbons (Fsp3) is 0.231. The lowest BCUT2D eigenvalue weighted by Gasteiger charge is -2.26. The first-order valence-electron chi connectivity index (χ1n) is 10.8. The number of carbonyl (C=O) groups is 2. The van der Waals surface area contributed by atoms with Crippen molar-refractivity contribution in [1.29, 1.82) is 0 Å². The van der Waals surface area contributed by atoms with Gasteiger partial charge in [-0.25, -0.2) is 0 Å². The van der Waals surface area contributed by atoms with Crippen molar-refractivity contribution >= 4 is 17.5 Å². The number of morpholine rings is 1. The van der Waals surface area contributed by atoms with E-state index >= 15 is 0 Å². The first-order chi connectivity index (χ1) is 15.7. The molecule has 3 aromatic rings. The zero-order valence-corrected chi connectivity index (χ0v) is 17.9. The van der Waals surface area contributed by atoms with Crippen LogP contribution in [0.1, 0.15) is 15.9 Å². The summed E-state index contributed by atoms with van der Waals surface area (Å²) >= 11 is 0. The molecule has 0 atom stereocenters. The van der Waals surface area contributed by atoms with Crippen molar-refractivity contribution in [3.8, 4) is 11.1 Å². The molecule has 0 aliphatic carbocycles. The highest BCUT2D eigenvalue weighted by Crippen LogP contribution is 2.19. The van der Waals surface area contributed by atoms with Gasteiger partial charge in [0.05, 0.1) is 19.8 Å². The molecule has 2 N–H and O–H groups in total. The normalized spacial score (nSPS) is 14.0. The van der Waals surface area contributed by atoms with Crippen LogP contribution in [0.15, 0.2) is 78.9 Å².